The Morgan fingerprint density at radius 2 is 1.90 bits per heavy atom. The molecule has 2 heterocycles. The van der Waals surface area contributed by atoms with E-state index in [0.29, 0.717) is 31.9 Å². The van der Waals surface area contributed by atoms with E-state index >= 15 is 0 Å². The lowest BCUT2D eigenvalue weighted by Gasteiger charge is -2.37. The average Bonchev–Trinajstić information content (AvgIpc) is 2.99. The van der Waals surface area contributed by atoms with Gasteiger partial charge in [0.05, 0.1) is 23.2 Å². The summed E-state index contributed by atoms with van der Waals surface area (Å²) in [5, 5.41) is 0. The Morgan fingerprint density at radius 3 is 2.45 bits per heavy atom. The van der Waals surface area contributed by atoms with Gasteiger partial charge in [-0.3, -0.25) is 9.45 Å². The summed E-state index contributed by atoms with van der Waals surface area (Å²) in [6.07, 6.45) is -1.23. The van der Waals surface area contributed by atoms with Gasteiger partial charge in [0.2, 0.25) is 0 Å². The van der Waals surface area contributed by atoms with Crippen LogP contribution < -0.4 is 9.80 Å². The predicted octanol–water partition coefficient (Wildman–Crippen LogP) is 2.10. The molecule has 0 radical (unpaired) electrons. The molecule has 2 fully saturated rings. The molecule has 12 heteroatoms. The van der Waals surface area contributed by atoms with Crippen LogP contribution in [0.1, 0.15) is 20.8 Å². The van der Waals surface area contributed by atoms with E-state index in [1.54, 1.807) is 30.6 Å². The van der Waals surface area contributed by atoms with Crippen molar-refractivity contribution in [3.63, 3.8) is 0 Å². The first-order valence-electron chi connectivity index (χ1n) is 9.77. The molecule has 0 aromatic heterocycles. The highest BCUT2D eigenvalue weighted by molar-refractivity contribution is 7.85. The van der Waals surface area contributed by atoms with Crippen molar-refractivity contribution in [1.82, 2.24) is 4.90 Å². The van der Waals surface area contributed by atoms with Crippen LogP contribution in [0.5, 0.6) is 0 Å². The summed E-state index contributed by atoms with van der Waals surface area (Å²) < 4.78 is 56.6. The second-order valence-corrected chi connectivity index (χ2v) is 9.94. The maximum absolute atomic E-state index is 14.9. The van der Waals surface area contributed by atoms with Gasteiger partial charge in [0.1, 0.15) is 18.0 Å². The predicted molar refractivity (Wildman–Crippen MR) is 110 cm³/mol. The van der Waals surface area contributed by atoms with E-state index in [2.05, 4.69) is 0 Å². The topological polar surface area (TPSA) is 117 Å². The molecule has 3 rings (SSSR count). The number of rotatable bonds is 4. The number of piperazine rings is 1. The molecule has 1 N–H and O–H groups in total. The minimum Gasteiger partial charge on any atom is -0.447 e. The Labute approximate surface area is 180 Å². The molecule has 1 aromatic carbocycles. The Bertz CT molecular complexity index is 956. The summed E-state index contributed by atoms with van der Waals surface area (Å²) in [6.45, 7) is 6.65. The quantitative estimate of drug-likeness (QED) is 0.681. The molecule has 1 aromatic rings. The smallest absolute Gasteiger partial charge is 0.414 e. The number of carbonyl (C=O) groups is 2. The van der Waals surface area contributed by atoms with Gasteiger partial charge in [-0.25, -0.2) is 14.0 Å². The van der Waals surface area contributed by atoms with Crippen LogP contribution in [0, 0.1) is 5.82 Å². The number of amides is 2. The zero-order chi connectivity index (χ0) is 23.0. The van der Waals surface area contributed by atoms with Gasteiger partial charge in [-0.2, -0.15) is 8.42 Å². The van der Waals surface area contributed by atoms with Crippen molar-refractivity contribution in [3.05, 3.63) is 24.0 Å². The molecule has 10 nitrogen and oxygen atoms in total. The fourth-order valence-electron chi connectivity index (χ4n) is 3.50. The number of carbonyl (C=O) groups excluding carboxylic acids is 2. The summed E-state index contributed by atoms with van der Waals surface area (Å²) in [4.78, 5) is 28.5. The van der Waals surface area contributed by atoms with Crippen molar-refractivity contribution in [2.75, 3.05) is 48.3 Å². The summed E-state index contributed by atoms with van der Waals surface area (Å²) in [7, 11) is -4.35. The van der Waals surface area contributed by atoms with Crippen LogP contribution in [0.2, 0.25) is 0 Å². The number of benzene rings is 1. The van der Waals surface area contributed by atoms with Gasteiger partial charge >= 0.3 is 12.2 Å². The first-order valence-corrected chi connectivity index (χ1v) is 11.4. The minimum absolute atomic E-state index is 0.129. The van der Waals surface area contributed by atoms with E-state index in [4.69, 9.17) is 14.0 Å². The lowest BCUT2D eigenvalue weighted by Crippen LogP contribution is -2.50. The molecule has 0 aliphatic carbocycles. The van der Waals surface area contributed by atoms with Gasteiger partial charge in [-0.15, -0.1) is 0 Å². The Balaban J connectivity index is 1.69. The largest absolute Gasteiger partial charge is 0.447 e. The normalized spacial score (nSPS) is 20.1. The van der Waals surface area contributed by atoms with Crippen LogP contribution >= 0.6 is 0 Å². The number of cyclic esters (lactones) is 1. The third kappa shape index (κ3) is 5.76. The third-order valence-electron chi connectivity index (χ3n) is 4.85. The standard InChI is InChI=1S/C19H26FN3O7S/c1-19(2,3)30-17(24)22-8-6-21(7-9-22)16-5-4-13(10-15(16)20)23-14(11-29-18(23)25)12-31(26,27)28/h4-5,10,14H,6-9,11-12H2,1-3H3,(H,26,27,28)/t14-/m0/s1. The van der Waals surface area contributed by atoms with Crippen LogP contribution in [0.15, 0.2) is 18.2 Å². The SMILES string of the molecule is CC(C)(C)OC(=O)N1CCN(c2ccc(N3C(=O)OC[C@H]3CS(=O)(=O)O)cc2F)CC1. The number of ether oxygens (including phenoxy) is 2. The summed E-state index contributed by atoms with van der Waals surface area (Å²) in [6, 6.07) is 3.15. The van der Waals surface area contributed by atoms with E-state index in [1.807, 2.05) is 0 Å². The molecule has 0 unspecified atom stereocenters. The Morgan fingerprint density at radius 1 is 1.26 bits per heavy atom. The summed E-state index contributed by atoms with van der Waals surface area (Å²) in [5.41, 5.74) is -0.170. The van der Waals surface area contributed by atoms with Crippen molar-refractivity contribution < 1.29 is 36.4 Å². The summed E-state index contributed by atoms with van der Waals surface area (Å²) in [5.74, 6) is -1.32. The fourth-order valence-corrected chi connectivity index (χ4v) is 4.23. The maximum atomic E-state index is 14.9. The number of hydrogen-bond donors (Lipinski definition) is 1. The van der Waals surface area contributed by atoms with Gasteiger partial charge in [-0.1, -0.05) is 0 Å². The number of anilines is 2. The van der Waals surface area contributed by atoms with Crippen molar-refractivity contribution in [2.24, 2.45) is 0 Å². The molecule has 172 valence electrons. The van der Waals surface area contributed by atoms with Crippen LogP contribution in [-0.4, -0.2) is 80.2 Å². The van der Waals surface area contributed by atoms with Crippen LogP contribution in [0.25, 0.3) is 0 Å². The molecule has 0 saturated carbocycles. The van der Waals surface area contributed by atoms with Gasteiger partial charge in [-0.05, 0) is 39.0 Å². The van der Waals surface area contributed by atoms with Gasteiger partial charge < -0.3 is 19.3 Å². The molecule has 31 heavy (non-hydrogen) atoms. The van der Waals surface area contributed by atoms with Crippen molar-refractivity contribution in [3.8, 4) is 0 Å². The Kier molecular flexibility index (Phi) is 6.33. The lowest BCUT2D eigenvalue weighted by molar-refractivity contribution is 0.0240. The lowest BCUT2D eigenvalue weighted by atomic mass is 10.2. The highest BCUT2D eigenvalue weighted by Gasteiger charge is 2.37. The van der Waals surface area contributed by atoms with Crippen molar-refractivity contribution in [1.29, 1.82) is 0 Å². The molecule has 1 atom stereocenters. The second kappa shape index (κ2) is 8.50. The molecule has 2 aliphatic rings. The molecular weight excluding hydrogens is 433 g/mol. The highest BCUT2D eigenvalue weighted by atomic mass is 32.2. The van der Waals surface area contributed by atoms with E-state index < -0.39 is 45.5 Å². The van der Waals surface area contributed by atoms with Crippen LogP contribution in [-0.2, 0) is 19.6 Å². The molecule has 2 saturated heterocycles. The van der Waals surface area contributed by atoms with Gasteiger partial charge in [0.25, 0.3) is 10.1 Å². The third-order valence-corrected chi connectivity index (χ3v) is 5.65. The van der Waals surface area contributed by atoms with Crippen LogP contribution in [0.3, 0.4) is 0 Å². The number of hydrogen-bond acceptors (Lipinski definition) is 7. The first-order chi connectivity index (χ1) is 14.3. The molecule has 2 amide bonds. The van der Waals surface area contributed by atoms with E-state index in [0.717, 1.165) is 11.0 Å². The van der Waals surface area contributed by atoms with Crippen molar-refractivity contribution in [2.45, 2.75) is 32.4 Å². The monoisotopic (exact) mass is 459 g/mol. The maximum Gasteiger partial charge on any atom is 0.414 e. The van der Waals surface area contributed by atoms with E-state index in [-0.39, 0.29) is 12.3 Å². The van der Waals surface area contributed by atoms with Gasteiger partial charge in [0.15, 0.2) is 0 Å². The second-order valence-electron chi connectivity index (χ2n) is 8.44. The van der Waals surface area contributed by atoms with Crippen LogP contribution in [0.4, 0.5) is 25.4 Å². The fraction of sp³-hybridized carbons (Fsp3) is 0.579. The summed E-state index contributed by atoms with van der Waals surface area (Å²) >= 11 is 0. The Hall–Kier alpha value is -2.60. The molecule has 0 spiro atoms. The highest BCUT2D eigenvalue weighted by Crippen LogP contribution is 2.30. The number of nitrogens with zero attached hydrogens (tertiary/aromatic N) is 3. The minimum atomic E-state index is -4.35. The first kappa shape index (κ1) is 23.1. The molecule has 2 aliphatic heterocycles. The van der Waals surface area contributed by atoms with E-state index in [1.165, 1.54) is 12.1 Å². The van der Waals surface area contributed by atoms with Gasteiger partial charge in [0, 0.05) is 26.2 Å². The average molecular weight is 459 g/mol. The molecular formula is C19H26FN3O7S. The molecule has 0 bridgehead atoms. The zero-order valence-electron chi connectivity index (χ0n) is 17.6. The van der Waals surface area contributed by atoms with E-state index in [9.17, 15) is 22.4 Å². The van der Waals surface area contributed by atoms with Crippen molar-refractivity contribution >= 4 is 33.7 Å². The number of halogens is 1. The zero-order valence-corrected chi connectivity index (χ0v) is 18.4.